The van der Waals surface area contributed by atoms with Crippen LogP contribution in [0.1, 0.15) is 21.9 Å². The van der Waals surface area contributed by atoms with Crippen LogP contribution in [-0.4, -0.2) is 20.5 Å². The molecule has 2 heterocycles. The van der Waals surface area contributed by atoms with Crippen LogP contribution in [0.3, 0.4) is 0 Å². The molecule has 0 bridgehead atoms. The molecule has 0 fully saturated rings. The summed E-state index contributed by atoms with van der Waals surface area (Å²) in [6.07, 6.45) is -4.64. The number of amides is 1. The maximum atomic E-state index is 13.1. The number of carbonyl (C=O) groups is 1. The molecule has 25 heavy (non-hydrogen) atoms. The first-order valence-corrected chi connectivity index (χ1v) is 7.62. The van der Waals surface area contributed by atoms with Crippen LogP contribution in [0.4, 0.5) is 18.9 Å². The molecule has 1 N–H and O–H groups in total. The van der Waals surface area contributed by atoms with Crippen molar-refractivity contribution < 1.29 is 18.0 Å². The van der Waals surface area contributed by atoms with Crippen molar-refractivity contribution in [1.29, 1.82) is 0 Å². The van der Waals surface area contributed by atoms with Gasteiger partial charge in [0.25, 0.3) is 5.91 Å². The molecule has 1 aromatic carbocycles. The van der Waals surface area contributed by atoms with Crippen LogP contribution in [0.25, 0.3) is 5.65 Å². The largest absolute Gasteiger partial charge is 0.433 e. The van der Waals surface area contributed by atoms with Crippen LogP contribution in [0.2, 0.25) is 10.0 Å². The van der Waals surface area contributed by atoms with E-state index in [-0.39, 0.29) is 32.8 Å². The number of aryl methyl sites for hydroxylation is 1. The van der Waals surface area contributed by atoms with Gasteiger partial charge in [0, 0.05) is 11.8 Å². The summed E-state index contributed by atoms with van der Waals surface area (Å²) in [5, 5.41) is 6.53. The maximum Gasteiger partial charge on any atom is 0.433 e. The van der Waals surface area contributed by atoms with E-state index in [0.717, 1.165) is 12.1 Å². The minimum Gasteiger partial charge on any atom is -0.318 e. The fourth-order valence-electron chi connectivity index (χ4n) is 2.21. The predicted octanol–water partition coefficient (Wildman–Crippen LogP) is 4.62. The van der Waals surface area contributed by atoms with Gasteiger partial charge in [-0.05, 0) is 25.1 Å². The first kappa shape index (κ1) is 17.5. The number of carbonyl (C=O) groups excluding carboxylic acids is 1. The Hall–Kier alpha value is -2.32. The summed E-state index contributed by atoms with van der Waals surface area (Å²) in [5.74, 6) is -0.758. The zero-order valence-electron chi connectivity index (χ0n) is 12.5. The number of hydrogen-bond donors (Lipinski definition) is 1. The molecule has 0 unspecified atom stereocenters. The van der Waals surface area contributed by atoms with Crippen LogP contribution >= 0.6 is 23.2 Å². The Morgan fingerprint density at radius 2 is 1.84 bits per heavy atom. The summed E-state index contributed by atoms with van der Waals surface area (Å²) in [6, 6.07) is 6.63. The third-order valence-corrected chi connectivity index (χ3v) is 3.91. The standard InChI is InChI=1S/C15H9Cl2F3N4O/c1-7-5-11(15(18,19)20)24-12(21-7)6-10(23-24)14(25)22-13-8(16)3-2-4-9(13)17/h2-6H,1H3,(H,22,25). The van der Waals surface area contributed by atoms with E-state index in [2.05, 4.69) is 15.4 Å². The molecule has 0 saturated heterocycles. The van der Waals surface area contributed by atoms with Gasteiger partial charge >= 0.3 is 6.18 Å². The van der Waals surface area contributed by atoms with Crippen molar-refractivity contribution in [1.82, 2.24) is 14.6 Å². The number of nitrogens with one attached hydrogen (secondary N) is 1. The molecule has 5 nitrogen and oxygen atoms in total. The van der Waals surface area contributed by atoms with Gasteiger partial charge < -0.3 is 5.32 Å². The first-order chi connectivity index (χ1) is 11.7. The molecule has 10 heteroatoms. The molecule has 0 saturated carbocycles. The smallest absolute Gasteiger partial charge is 0.318 e. The maximum absolute atomic E-state index is 13.1. The zero-order chi connectivity index (χ0) is 18.4. The second-order valence-electron chi connectivity index (χ2n) is 5.13. The van der Waals surface area contributed by atoms with E-state index >= 15 is 0 Å². The molecule has 0 spiro atoms. The number of nitrogens with zero attached hydrogens (tertiary/aromatic N) is 3. The zero-order valence-corrected chi connectivity index (χ0v) is 14.0. The van der Waals surface area contributed by atoms with Gasteiger partial charge in [-0.2, -0.15) is 18.3 Å². The van der Waals surface area contributed by atoms with Crippen molar-refractivity contribution in [2.75, 3.05) is 5.32 Å². The molecule has 1 amide bonds. The van der Waals surface area contributed by atoms with Gasteiger partial charge in [0.15, 0.2) is 11.3 Å². The lowest BCUT2D eigenvalue weighted by Gasteiger charge is -2.09. The van der Waals surface area contributed by atoms with E-state index in [9.17, 15) is 18.0 Å². The fourth-order valence-corrected chi connectivity index (χ4v) is 2.70. The number of aromatic nitrogens is 3. The second-order valence-corrected chi connectivity index (χ2v) is 5.95. The molecular weight excluding hydrogens is 380 g/mol. The monoisotopic (exact) mass is 388 g/mol. The van der Waals surface area contributed by atoms with Gasteiger partial charge in [-0.3, -0.25) is 4.79 Å². The highest BCUT2D eigenvalue weighted by atomic mass is 35.5. The third kappa shape index (κ3) is 3.40. The highest BCUT2D eigenvalue weighted by Gasteiger charge is 2.35. The number of para-hydroxylation sites is 1. The van der Waals surface area contributed by atoms with Gasteiger partial charge in [-0.25, -0.2) is 9.50 Å². The average molecular weight is 389 g/mol. The third-order valence-electron chi connectivity index (χ3n) is 3.28. The van der Waals surface area contributed by atoms with E-state index in [0.29, 0.717) is 4.52 Å². The Labute approximate surface area is 149 Å². The molecule has 3 rings (SSSR count). The quantitative estimate of drug-likeness (QED) is 0.696. The Kier molecular flexibility index (Phi) is 4.34. The summed E-state index contributed by atoms with van der Waals surface area (Å²) in [5.41, 5.74) is -1.07. The van der Waals surface area contributed by atoms with Gasteiger partial charge in [0.05, 0.1) is 15.7 Å². The number of anilines is 1. The molecule has 2 aromatic heterocycles. The van der Waals surface area contributed by atoms with Crippen LogP contribution in [0, 0.1) is 6.92 Å². The molecule has 3 aromatic rings. The Morgan fingerprint density at radius 3 is 2.44 bits per heavy atom. The average Bonchev–Trinajstić information content (AvgIpc) is 2.92. The lowest BCUT2D eigenvalue weighted by molar-refractivity contribution is -0.142. The first-order valence-electron chi connectivity index (χ1n) is 6.87. The van der Waals surface area contributed by atoms with Crippen LogP contribution in [0.5, 0.6) is 0 Å². The molecule has 0 atom stereocenters. The van der Waals surface area contributed by atoms with Gasteiger partial charge in [0.2, 0.25) is 0 Å². The number of fused-ring (bicyclic) bond motifs is 1. The summed E-state index contributed by atoms with van der Waals surface area (Å²) in [6.45, 7) is 1.42. The van der Waals surface area contributed by atoms with E-state index in [1.54, 1.807) is 6.07 Å². The van der Waals surface area contributed by atoms with Crippen molar-refractivity contribution in [3.63, 3.8) is 0 Å². The number of hydrogen-bond acceptors (Lipinski definition) is 3. The number of alkyl halides is 3. The van der Waals surface area contributed by atoms with E-state index in [1.807, 2.05) is 0 Å². The molecule has 130 valence electrons. The van der Waals surface area contributed by atoms with Crippen molar-refractivity contribution in [3.05, 3.63) is 57.5 Å². The van der Waals surface area contributed by atoms with Crippen molar-refractivity contribution in [3.8, 4) is 0 Å². The van der Waals surface area contributed by atoms with Gasteiger partial charge in [-0.1, -0.05) is 29.3 Å². The Morgan fingerprint density at radius 1 is 1.20 bits per heavy atom. The molecule has 0 aliphatic heterocycles. The highest BCUT2D eigenvalue weighted by Crippen LogP contribution is 2.31. The SMILES string of the molecule is Cc1cc(C(F)(F)F)n2nc(C(=O)Nc3c(Cl)cccc3Cl)cc2n1. The number of benzene rings is 1. The molecule has 0 aliphatic rings. The Bertz CT molecular complexity index is 965. The Balaban J connectivity index is 2.04. The van der Waals surface area contributed by atoms with Crippen molar-refractivity contribution in [2.24, 2.45) is 0 Å². The van der Waals surface area contributed by atoms with E-state index in [1.165, 1.54) is 19.1 Å². The lowest BCUT2D eigenvalue weighted by Crippen LogP contribution is -2.16. The van der Waals surface area contributed by atoms with Crippen LogP contribution in [-0.2, 0) is 6.18 Å². The summed E-state index contributed by atoms with van der Waals surface area (Å²) < 4.78 is 40.0. The second kappa shape index (κ2) is 6.20. The van der Waals surface area contributed by atoms with Crippen LogP contribution < -0.4 is 5.32 Å². The molecule has 0 aliphatic carbocycles. The molecular formula is C15H9Cl2F3N4O. The lowest BCUT2D eigenvalue weighted by atomic mass is 10.3. The fraction of sp³-hybridized carbons (Fsp3) is 0.133. The van der Waals surface area contributed by atoms with Gasteiger partial charge in [-0.15, -0.1) is 0 Å². The topological polar surface area (TPSA) is 59.3 Å². The summed E-state index contributed by atoms with van der Waals surface area (Å²) >= 11 is 11.9. The molecule has 0 radical (unpaired) electrons. The van der Waals surface area contributed by atoms with E-state index < -0.39 is 17.8 Å². The highest BCUT2D eigenvalue weighted by molar-refractivity contribution is 6.40. The summed E-state index contributed by atoms with van der Waals surface area (Å²) in [4.78, 5) is 16.3. The van der Waals surface area contributed by atoms with Crippen LogP contribution in [0.15, 0.2) is 30.3 Å². The number of rotatable bonds is 2. The van der Waals surface area contributed by atoms with E-state index in [4.69, 9.17) is 23.2 Å². The minimum absolute atomic E-state index is 0.0947. The number of halogens is 5. The van der Waals surface area contributed by atoms with Crippen molar-refractivity contribution in [2.45, 2.75) is 13.1 Å². The summed E-state index contributed by atoms with van der Waals surface area (Å²) in [7, 11) is 0. The minimum atomic E-state index is -4.64. The normalized spacial score (nSPS) is 11.8. The van der Waals surface area contributed by atoms with Gasteiger partial charge in [0.1, 0.15) is 5.69 Å². The predicted molar refractivity (Wildman–Crippen MR) is 87.1 cm³/mol. The van der Waals surface area contributed by atoms with Crippen molar-refractivity contribution >= 4 is 40.4 Å².